The Morgan fingerprint density at radius 2 is 2.33 bits per heavy atom. The van der Waals surface area contributed by atoms with Crippen LogP contribution in [-0.4, -0.2) is 24.1 Å². The lowest BCUT2D eigenvalue weighted by atomic mass is 10.1. The Morgan fingerprint density at radius 1 is 1.47 bits per heavy atom. The molecule has 0 N–H and O–H groups in total. The van der Waals surface area contributed by atoms with Gasteiger partial charge in [-0.25, -0.2) is 9.69 Å². The first-order chi connectivity index (χ1) is 7.25. The average Bonchev–Trinajstić information content (AvgIpc) is 2.61. The lowest BCUT2D eigenvalue weighted by Gasteiger charge is -2.00. The number of hydrogen-bond donors (Lipinski definition) is 0. The molecule has 1 aromatic rings. The molecule has 3 nitrogen and oxygen atoms in total. The first-order valence-electron chi connectivity index (χ1n) is 4.78. The number of aryl methyl sites for hydroxylation is 1. The van der Waals surface area contributed by atoms with Crippen LogP contribution in [0.4, 0.5) is 4.79 Å². The van der Waals surface area contributed by atoms with E-state index in [2.05, 4.69) is 12.0 Å². The van der Waals surface area contributed by atoms with Crippen molar-refractivity contribution in [3.05, 3.63) is 35.4 Å². The summed E-state index contributed by atoms with van der Waals surface area (Å²) in [4.78, 5) is 12.5. The van der Waals surface area contributed by atoms with E-state index in [1.165, 1.54) is 4.90 Å². The number of benzene rings is 1. The highest BCUT2D eigenvalue weighted by atomic mass is 16.6. The first kappa shape index (κ1) is 9.60. The molecule has 15 heavy (non-hydrogen) atoms. The third-order valence-corrected chi connectivity index (χ3v) is 2.11. The van der Waals surface area contributed by atoms with Crippen LogP contribution in [-0.2, 0) is 4.74 Å². The van der Waals surface area contributed by atoms with Crippen molar-refractivity contribution in [2.45, 2.75) is 6.92 Å². The maximum Gasteiger partial charge on any atom is 0.421 e. The van der Waals surface area contributed by atoms with Crippen LogP contribution in [0.25, 0.3) is 0 Å². The molecule has 0 radical (unpaired) electrons. The monoisotopic (exact) mass is 201 g/mol. The third kappa shape index (κ3) is 2.29. The van der Waals surface area contributed by atoms with Crippen molar-refractivity contribution in [2.75, 3.05) is 13.2 Å². The number of amides is 1. The third-order valence-electron chi connectivity index (χ3n) is 2.11. The molecule has 0 spiro atoms. The van der Waals surface area contributed by atoms with Gasteiger partial charge in [0.15, 0.2) is 0 Å². The van der Waals surface area contributed by atoms with Crippen LogP contribution in [0, 0.1) is 18.9 Å². The van der Waals surface area contributed by atoms with Crippen molar-refractivity contribution in [2.24, 2.45) is 0 Å². The Bertz CT molecular complexity index is 442. The van der Waals surface area contributed by atoms with Crippen LogP contribution in [0.3, 0.4) is 0 Å². The van der Waals surface area contributed by atoms with Gasteiger partial charge in [0.05, 0.1) is 6.54 Å². The standard InChI is InChI=1S/C12H11NO2/c1-10-3-2-4-11(9-10)5-6-13-7-8-15-12(13)14/h2-4,9H,7-8H2,1H3. The summed E-state index contributed by atoms with van der Waals surface area (Å²) in [5, 5.41) is 0. The van der Waals surface area contributed by atoms with Gasteiger partial charge < -0.3 is 4.74 Å². The van der Waals surface area contributed by atoms with Crippen LogP contribution >= 0.6 is 0 Å². The number of rotatable bonds is 0. The zero-order valence-electron chi connectivity index (χ0n) is 8.49. The van der Waals surface area contributed by atoms with Gasteiger partial charge in [0.2, 0.25) is 0 Å². The molecule has 0 aromatic heterocycles. The average molecular weight is 201 g/mol. The fourth-order valence-electron chi connectivity index (χ4n) is 1.35. The molecule has 1 saturated heterocycles. The lowest BCUT2D eigenvalue weighted by molar-refractivity contribution is 0.167. The highest BCUT2D eigenvalue weighted by molar-refractivity contribution is 5.71. The molecule has 1 aliphatic heterocycles. The molecule has 0 atom stereocenters. The van der Waals surface area contributed by atoms with E-state index >= 15 is 0 Å². The van der Waals surface area contributed by atoms with E-state index in [1.807, 2.05) is 31.2 Å². The van der Waals surface area contributed by atoms with Crippen molar-refractivity contribution < 1.29 is 9.53 Å². The zero-order chi connectivity index (χ0) is 10.7. The molecule has 1 amide bonds. The number of hydrogen-bond acceptors (Lipinski definition) is 2. The van der Waals surface area contributed by atoms with E-state index < -0.39 is 0 Å². The smallest absolute Gasteiger partial charge is 0.421 e. The lowest BCUT2D eigenvalue weighted by Crippen LogP contribution is -2.17. The number of carbonyl (C=O) groups is 1. The van der Waals surface area contributed by atoms with E-state index in [-0.39, 0.29) is 6.09 Å². The molecule has 3 heteroatoms. The van der Waals surface area contributed by atoms with E-state index in [0.29, 0.717) is 13.2 Å². The Kier molecular flexibility index (Phi) is 2.59. The Labute approximate surface area is 88.6 Å². The molecule has 0 saturated carbocycles. The molecular weight excluding hydrogens is 190 g/mol. The fraction of sp³-hybridized carbons (Fsp3) is 0.250. The fourth-order valence-corrected chi connectivity index (χ4v) is 1.35. The summed E-state index contributed by atoms with van der Waals surface area (Å²) in [6.07, 6.45) is -0.352. The Hall–Kier alpha value is -1.95. The zero-order valence-corrected chi connectivity index (χ0v) is 8.49. The van der Waals surface area contributed by atoms with Crippen molar-refractivity contribution in [3.63, 3.8) is 0 Å². The van der Waals surface area contributed by atoms with E-state index in [0.717, 1.165) is 11.1 Å². The van der Waals surface area contributed by atoms with Crippen LogP contribution in [0.1, 0.15) is 11.1 Å². The highest BCUT2D eigenvalue weighted by Gasteiger charge is 2.19. The summed E-state index contributed by atoms with van der Waals surface area (Å²) in [6, 6.07) is 10.6. The quantitative estimate of drug-likeness (QED) is 0.598. The summed E-state index contributed by atoms with van der Waals surface area (Å²) in [5.41, 5.74) is 2.07. The number of carbonyl (C=O) groups excluding carboxylic acids is 1. The largest absolute Gasteiger partial charge is 0.447 e. The second kappa shape index (κ2) is 4.05. The maximum atomic E-state index is 11.1. The minimum Gasteiger partial charge on any atom is -0.447 e. The van der Waals surface area contributed by atoms with Crippen LogP contribution in [0.5, 0.6) is 0 Å². The van der Waals surface area contributed by atoms with Gasteiger partial charge >= 0.3 is 6.09 Å². The molecule has 2 rings (SSSR count). The maximum absolute atomic E-state index is 11.1. The van der Waals surface area contributed by atoms with Crippen molar-refractivity contribution >= 4 is 6.09 Å². The minimum atomic E-state index is -0.352. The van der Waals surface area contributed by atoms with E-state index in [4.69, 9.17) is 4.74 Å². The second-order valence-corrected chi connectivity index (χ2v) is 3.37. The molecule has 76 valence electrons. The summed E-state index contributed by atoms with van der Waals surface area (Å²) >= 11 is 0. The van der Waals surface area contributed by atoms with Crippen LogP contribution in [0.15, 0.2) is 24.3 Å². The number of nitrogens with zero attached hydrogens (tertiary/aromatic N) is 1. The minimum absolute atomic E-state index is 0.352. The first-order valence-corrected chi connectivity index (χ1v) is 4.78. The van der Waals surface area contributed by atoms with Gasteiger partial charge in [0.25, 0.3) is 0 Å². The van der Waals surface area contributed by atoms with Crippen molar-refractivity contribution in [1.29, 1.82) is 0 Å². The molecule has 1 heterocycles. The van der Waals surface area contributed by atoms with Gasteiger partial charge in [-0.05, 0) is 30.5 Å². The SMILES string of the molecule is Cc1cccc(C#CN2CCOC2=O)c1. The Morgan fingerprint density at radius 3 is 3.00 bits per heavy atom. The van der Waals surface area contributed by atoms with Gasteiger partial charge in [-0.2, -0.15) is 0 Å². The summed E-state index contributed by atoms with van der Waals surface area (Å²) in [5.74, 6) is 2.93. The van der Waals surface area contributed by atoms with Crippen molar-refractivity contribution in [3.8, 4) is 12.0 Å². The molecule has 0 unspecified atom stereocenters. The van der Waals surface area contributed by atoms with Crippen molar-refractivity contribution in [1.82, 2.24) is 4.90 Å². The topological polar surface area (TPSA) is 29.5 Å². The molecule has 1 aromatic carbocycles. The van der Waals surface area contributed by atoms with Gasteiger partial charge in [-0.3, -0.25) is 0 Å². The normalized spacial score (nSPS) is 14.5. The molecule has 0 aliphatic carbocycles. The number of ether oxygens (including phenoxy) is 1. The Balaban J connectivity index is 2.14. The van der Waals surface area contributed by atoms with Gasteiger partial charge in [-0.15, -0.1) is 0 Å². The second-order valence-electron chi connectivity index (χ2n) is 3.37. The van der Waals surface area contributed by atoms with E-state index in [1.54, 1.807) is 0 Å². The van der Waals surface area contributed by atoms with Gasteiger partial charge in [0.1, 0.15) is 6.61 Å². The predicted octanol–water partition coefficient (Wildman–Crippen LogP) is 1.76. The van der Waals surface area contributed by atoms with Crippen LogP contribution in [0.2, 0.25) is 0 Å². The predicted molar refractivity (Wildman–Crippen MR) is 56.1 cm³/mol. The highest BCUT2D eigenvalue weighted by Crippen LogP contribution is 2.04. The van der Waals surface area contributed by atoms with Gasteiger partial charge in [-0.1, -0.05) is 12.1 Å². The molecule has 0 bridgehead atoms. The number of cyclic esters (lactones) is 1. The van der Waals surface area contributed by atoms with Crippen LogP contribution < -0.4 is 0 Å². The summed E-state index contributed by atoms with van der Waals surface area (Å²) in [6.45, 7) is 2.99. The summed E-state index contributed by atoms with van der Waals surface area (Å²) in [7, 11) is 0. The molecule has 1 aliphatic rings. The van der Waals surface area contributed by atoms with E-state index in [9.17, 15) is 4.79 Å². The summed E-state index contributed by atoms with van der Waals surface area (Å²) < 4.78 is 4.76. The molecular formula is C12H11NO2. The van der Waals surface area contributed by atoms with Gasteiger partial charge in [0, 0.05) is 11.6 Å². The molecule has 1 fully saturated rings.